The van der Waals surface area contributed by atoms with E-state index in [2.05, 4.69) is 20.4 Å². The zero-order valence-electron chi connectivity index (χ0n) is 10.3. The molecule has 2 aromatic rings. The molecule has 0 fully saturated rings. The molecule has 0 saturated carbocycles. The minimum absolute atomic E-state index is 0.00839. The second-order valence-corrected chi connectivity index (χ2v) is 3.88. The summed E-state index contributed by atoms with van der Waals surface area (Å²) >= 11 is 0. The van der Waals surface area contributed by atoms with Crippen molar-refractivity contribution in [2.45, 2.75) is 6.42 Å². The summed E-state index contributed by atoms with van der Waals surface area (Å²) in [5.41, 5.74) is 6.10. The minimum Gasteiger partial charge on any atom is -0.368 e. The Morgan fingerprint density at radius 2 is 2.37 bits per heavy atom. The van der Waals surface area contributed by atoms with E-state index in [4.69, 9.17) is 5.73 Å². The zero-order valence-corrected chi connectivity index (χ0v) is 10.3. The van der Waals surface area contributed by atoms with Crippen LogP contribution in [0.25, 0.3) is 0 Å². The van der Waals surface area contributed by atoms with Gasteiger partial charge in [-0.3, -0.25) is 14.8 Å². The fourth-order valence-electron chi connectivity index (χ4n) is 1.56. The average molecular weight is 263 g/mol. The lowest BCUT2D eigenvalue weighted by atomic mass is 10.3. The molecule has 9 heteroatoms. The van der Waals surface area contributed by atoms with Gasteiger partial charge in [0, 0.05) is 26.2 Å². The van der Waals surface area contributed by atoms with Crippen molar-refractivity contribution in [1.29, 1.82) is 0 Å². The Hall–Kier alpha value is -2.71. The molecule has 0 saturated heterocycles. The first kappa shape index (κ1) is 12.7. The Bertz CT molecular complexity index is 595. The van der Waals surface area contributed by atoms with E-state index in [-0.39, 0.29) is 17.5 Å². The molecule has 0 amide bonds. The largest absolute Gasteiger partial charge is 0.368 e. The maximum atomic E-state index is 10.8. The van der Waals surface area contributed by atoms with Crippen LogP contribution in [0.4, 0.5) is 17.5 Å². The third kappa shape index (κ3) is 3.15. The fourth-order valence-corrected chi connectivity index (χ4v) is 1.56. The van der Waals surface area contributed by atoms with Crippen molar-refractivity contribution < 1.29 is 4.92 Å². The molecule has 3 N–H and O–H groups in total. The number of nitrogen functional groups attached to an aromatic ring is 1. The first-order valence-electron chi connectivity index (χ1n) is 5.55. The van der Waals surface area contributed by atoms with Gasteiger partial charge in [0.15, 0.2) is 0 Å². The summed E-state index contributed by atoms with van der Waals surface area (Å²) in [5, 5.41) is 17.9. The number of anilines is 2. The second-order valence-electron chi connectivity index (χ2n) is 3.88. The predicted molar refractivity (Wildman–Crippen MR) is 68.5 cm³/mol. The zero-order chi connectivity index (χ0) is 13.8. The minimum atomic E-state index is -0.553. The number of nitrogens with two attached hydrogens (primary N) is 1. The van der Waals surface area contributed by atoms with Crippen LogP contribution in [-0.2, 0) is 13.5 Å². The Labute approximate surface area is 108 Å². The molecule has 9 nitrogen and oxygen atoms in total. The van der Waals surface area contributed by atoms with Gasteiger partial charge in [0.25, 0.3) is 0 Å². The summed E-state index contributed by atoms with van der Waals surface area (Å²) < 4.78 is 1.69. The van der Waals surface area contributed by atoms with Crippen molar-refractivity contribution in [3.05, 3.63) is 34.3 Å². The van der Waals surface area contributed by atoms with E-state index < -0.39 is 4.92 Å². The topological polar surface area (TPSA) is 125 Å². The third-order valence-electron chi connectivity index (χ3n) is 2.43. The van der Waals surface area contributed by atoms with Crippen LogP contribution in [-0.4, -0.2) is 31.2 Å². The molecular formula is C10H13N7O2. The highest BCUT2D eigenvalue weighted by Crippen LogP contribution is 2.20. The van der Waals surface area contributed by atoms with Crippen LogP contribution < -0.4 is 11.1 Å². The second kappa shape index (κ2) is 5.29. The molecule has 0 bridgehead atoms. The number of nitrogens with one attached hydrogen (secondary N) is 1. The smallest absolute Gasteiger partial charge is 0.329 e. The maximum absolute atomic E-state index is 10.8. The molecule has 0 aliphatic heterocycles. The fraction of sp³-hybridized carbons (Fsp3) is 0.300. The van der Waals surface area contributed by atoms with Gasteiger partial charge >= 0.3 is 5.69 Å². The van der Waals surface area contributed by atoms with E-state index in [9.17, 15) is 10.1 Å². The third-order valence-corrected chi connectivity index (χ3v) is 2.43. The van der Waals surface area contributed by atoms with Crippen molar-refractivity contribution in [2.75, 3.05) is 17.6 Å². The summed E-state index contributed by atoms with van der Waals surface area (Å²) in [6.45, 7) is 0.467. The highest BCUT2D eigenvalue weighted by Gasteiger charge is 2.16. The van der Waals surface area contributed by atoms with Gasteiger partial charge in [-0.05, 0) is 6.07 Å². The van der Waals surface area contributed by atoms with Crippen LogP contribution >= 0.6 is 0 Å². The van der Waals surface area contributed by atoms with E-state index in [0.29, 0.717) is 13.0 Å². The lowest BCUT2D eigenvalue weighted by Crippen LogP contribution is -2.10. The van der Waals surface area contributed by atoms with Crippen LogP contribution in [0, 0.1) is 10.1 Å². The van der Waals surface area contributed by atoms with E-state index in [0.717, 1.165) is 11.9 Å². The number of nitrogens with zero attached hydrogens (tertiary/aromatic N) is 5. The molecule has 0 atom stereocenters. The first-order valence-corrected chi connectivity index (χ1v) is 5.55. The molecule has 2 heterocycles. The maximum Gasteiger partial charge on any atom is 0.329 e. The molecule has 0 aliphatic carbocycles. The van der Waals surface area contributed by atoms with E-state index in [1.54, 1.807) is 4.68 Å². The normalized spacial score (nSPS) is 10.4. The molecule has 0 radical (unpaired) electrons. The molecule has 0 aromatic carbocycles. The van der Waals surface area contributed by atoms with Crippen molar-refractivity contribution in [1.82, 2.24) is 19.7 Å². The van der Waals surface area contributed by atoms with Crippen LogP contribution in [0.1, 0.15) is 5.69 Å². The summed E-state index contributed by atoms with van der Waals surface area (Å²) in [4.78, 5) is 17.7. The van der Waals surface area contributed by atoms with Gasteiger partial charge in [-0.1, -0.05) is 0 Å². The Kier molecular flexibility index (Phi) is 3.55. The number of nitro groups is 1. The van der Waals surface area contributed by atoms with Crippen molar-refractivity contribution in [2.24, 2.45) is 7.05 Å². The quantitative estimate of drug-likeness (QED) is 0.589. The van der Waals surface area contributed by atoms with Gasteiger partial charge in [0.2, 0.25) is 11.8 Å². The van der Waals surface area contributed by atoms with Crippen LogP contribution in [0.15, 0.2) is 18.5 Å². The predicted octanol–water partition coefficient (Wildman–Crippen LogP) is 0.355. The van der Waals surface area contributed by atoms with Gasteiger partial charge in [-0.15, -0.1) is 0 Å². The molecule has 100 valence electrons. The summed E-state index contributed by atoms with van der Waals surface area (Å²) in [6.07, 6.45) is 3.55. The summed E-state index contributed by atoms with van der Waals surface area (Å²) in [5.74, 6) is 0.111. The van der Waals surface area contributed by atoms with E-state index >= 15 is 0 Å². The first-order chi connectivity index (χ1) is 9.06. The Morgan fingerprint density at radius 3 is 3.00 bits per heavy atom. The Morgan fingerprint density at radius 1 is 1.58 bits per heavy atom. The number of hydrogen-bond donors (Lipinski definition) is 2. The molecule has 0 aliphatic rings. The number of aromatic nitrogens is 4. The highest BCUT2D eigenvalue weighted by atomic mass is 16.6. The molecule has 2 aromatic heterocycles. The average Bonchev–Trinajstić information content (AvgIpc) is 2.75. The van der Waals surface area contributed by atoms with Gasteiger partial charge in [0.1, 0.15) is 6.20 Å². The molecule has 2 rings (SSSR count). The van der Waals surface area contributed by atoms with Crippen LogP contribution in [0.2, 0.25) is 0 Å². The Balaban J connectivity index is 2.02. The molecule has 0 unspecified atom stereocenters. The van der Waals surface area contributed by atoms with E-state index in [1.807, 2.05) is 19.3 Å². The lowest BCUT2D eigenvalue weighted by molar-refractivity contribution is -0.384. The summed E-state index contributed by atoms with van der Waals surface area (Å²) in [7, 11) is 1.83. The molecule has 0 spiro atoms. The number of aryl methyl sites for hydroxylation is 1. The van der Waals surface area contributed by atoms with Gasteiger partial charge in [-0.2, -0.15) is 10.1 Å². The highest BCUT2D eigenvalue weighted by molar-refractivity contribution is 5.56. The standard InChI is InChI=1S/C10H13N7O2/c1-16-5-3-7(15-16)2-4-12-9-8(17(18)19)6-13-10(11)14-9/h3,5-6H,2,4H2,1H3,(H3,11,12,13,14). The SMILES string of the molecule is Cn1ccc(CCNc2nc(N)ncc2[N+](=O)[O-])n1. The van der Waals surface area contributed by atoms with Crippen LogP contribution in [0.5, 0.6) is 0 Å². The van der Waals surface area contributed by atoms with Gasteiger partial charge in [0.05, 0.1) is 10.6 Å². The van der Waals surface area contributed by atoms with Crippen molar-refractivity contribution >= 4 is 17.5 Å². The van der Waals surface area contributed by atoms with Gasteiger partial charge in [-0.25, -0.2) is 4.98 Å². The van der Waals surface area contributed by atoms with Gasteiger partial charge < -0.3 is 11.1 Å². The van der Waals surface area contributed by atoms with Crippen molar-refractivity contribution in [3.8, 4) is 0 Å². The van der Waals surface area contributed by atoms with Crippen molar-refractivity contribution in [3.63, 3.8) is 0 Å². The number of rotatable bonds is 5. The molecule has 19 heavy (non-hydrogen) atoms. The monoisotopic (exact) mass is 263 g/mol. The number of hydrogen-bond acceptors (Lipinski definition) is 7. The van der Waals surface area contributed by atoms with Crippen LogP contribution in [0.3, 0.4) is 0 Å². The molecular weight excluding hydrogens is 250 g/mol. The lowest BCUT2D eigenvalue weighted by Gasteiger charge is -2.05. The summed E-state index contributed by atoms with van der Waals surface area (Å²) in [6, 6.07) is 1.88. The van der Waals surface area contributed by atoms with E-state index in [1.165, 1.54) is 0 Å².